The van der Waals surface area contributed by atoms with Crippen molar-refractivity contribution in [3.8, 4) is 0 Å². The van der Waals surface area contributed by atoms with Gasteiger partial charge in [0.2, 0.25) is 0 Å². The number of rotatable bonds is 4. The van der Waals surface area contributed by atoms with Gasteiger partial charge in [-0.25, -0.2) is 0 Å². The van der Waals surface area contributed by atoms with Crippen molar-refractivity contribution < 1.29 is 0 Å². The van der Waals surface area contributed by atoms with Crippen LogP contribution in [-0.4, -0.2) is 0 Å². The van der Waals surface area contributed by atoms with Gasteiger partial charge in [-0.2, -0.15) is 0 Å². The summed E-state index contributed by atoms with van der Waals surface area (Å²) >= 11 is 0. The van der Waals surface area contributed by atoms with E-state index in [0.717, 1.165) is 23.7 Å². The van der Waals surface area contributed by atoms with E-state index in [2.05, 4.69) is 41.5 Å². The Morgan fingerprint density at radius 3 is 2.35 bits per heavy atom. The van der Waals surface area contributed by atoms with Crippen LogP contribution in [0.1, 0.15) is 112 Å². The van der Waals surface area contributed by atoms with Crippen LogP contribution in [0.3, 0.4) is 0 Å². The summed E-state index contributed by atoms with van der Waals surface area (Å²) in [6.45, 7) is 15.3. The topological polar surface area (TPSA) is 0 Å². The molecule has 2 rings (SSSR count). The minimum Gasteiger partial charge on any atom is -0.0654 e. The number of fused-ring (bicyclic) bond motifs is 1. The Kier molecular flexibility index (Phi) is 6.66. The fourth-order valence-electron chi connectivity index (χ4n) is 6.74. The zero-order valence-corrected chi connectivity index (χ0v) is 17.1. The fourth-order valence-corrected chi connectivity index (χ4v) is 6.74. The summed E-state index contributed by atoms with van der Waals surface area (Å²) < 4.78 is 0. The van der Waals surface area contributed by atoms with E-state index in [1.54, 1.807) is 0 Å². The lowest BCUT2D eigenvalue weighted by molar-refractivity contribution is -0.0629. The molecule has 0 bridgehead atoms. The molecule has 2 saturated carbocycles. The molecule has 0 aromatic rings. The highest BCUT2D eigenvalue weighted by atomic mass is 14.6. The quantitative estimate of drug-likeness (QED) is 0.494. The van der Waals surface area contributed by atoms with Crippen LogP contribution < -0.4 is 0 Å². The van der Waals surface area contributed by atoms with Crippen molar-refractivity contribution in [3.63, 3.8) is 0 Å². The molecular weight excluding hydrogens is 276 g/mol. The summed E-state index contributed by atoms with van der Waals surface area (Å²) in [6, 6.07) is 0. The van der Waals surface area contributed by atoms with Crippen LogP contribution in [0.2, 0.25) is 0 Å². The molecule has 0 aromatic heterocycles. The third kappa shape index (κ3) is 4.16. The minimum atomic E-state index is 0.560. The molecule has 0 saturated heterocycles. The Hall–Kier alpha value is 0. The summed E-state index contributed by atoms with van der Waals surface area (Å²) in [7, 11) is 0. The molecule has 2 aliphatic rings. The van der Waals surface area contributed by atoms with E-state index >= 15 is 0 Å². The normalized spacial score (nSPS) is 39.7. The van der Waals surface area contributed by atoms with Gasteiger partial charge >= 0.3 is 0 Å². The van der Waals surface area contributed by atoms with Gasteiger partial charge in [-0.3, -0.25) is 0 Å². The lowest BCUT2D eigenvalue weighted by Crippen LogP contribution is -2.48. The maximum Gasteiger partial charge on any atom is -0.0238 e. The third-order valence-corrected chi connectivity index (χ3v) is 8.00. The van der Waals surface area contributed by atoms with Crippen LogP contribution >= 0.6 is 0 Å². The van der Waals surface area contributed by atoms with Crippen molar-refractivity contribution in [2.45, 2.75) is 112 Å². The van der Waals surface area contributed by atoms with Crippen molar-refractivity contribution in [3.05, 3.63) is 0 Å². The maximum absolute atomic E-state index is 2.74. The highest BCUT2D eigenvalue weighted by Crippen LogP contribution is 2.59. The summed E-state index contributed by atoms with van der Waals surface area (Å²) in [5, 5.41) is 0. The molecule has 0 nitrogen and oxygen atoms in total. The molecule has 0 aliphatic heterocycles. The summed E-state index contributed by atoms with van der Waals surface area (Å²) in [6.07, 6.45) is 16.1. The van der Waals surface area contributed by atoms with Gasteiger partial charge in [-0.15, -0.1) is 0 Å². The van der Waals surface area contributed by atoms with E-state index in [0.29, 0.717) is 10.8 Å². The molecule has 0 radical (unpaired) electrons. The van der Waals surface area contributed by atoms with Crippen molar-refractivity contribution >= 4 is 0 Å². The van der Waals surface area contributed by atoms with Crippen molar-refractivity contribution in [1.29, 1.82) is 0 Å². The van der Waals surface area contributed by atoms with Gasteiger partial charge in [0.15, 0.2) is 0 Å². The molecule has 0 heteroatoms. The van der Waals surface area contributed by atoms with Gasteiger partial charge in [0.25, 0.3) is 0 Å². The average molecular weight is 321 g/mol. The fraction of sp³-hybridized carbons (Fsp3) is 1.00. The molecule has 2 fully saturated rings. The Balaban J connectivity index is 2.36. The van der Waals surface area contributed by atoms with Gasteiger partial charge in [-0.1, -0.05) is 80.1 Å². The van der Waals surface area contributed by atoms with Crippen LogP contribution in [-0.2, 0) is 0 Å². The predicted octanol–water partition coefficient (Wildman–Crippen LogP) is 7.86. The van der Waals surface area contributed by atoms with Crippen molar-refractivity contribution in [2.24, 2.45) is 34.5 Å². The molecule has 5 unspecified atom stereocenters. The Labute approximate surface area is 147 Å². The standard InChI is InChI=1S/C23H44/c1-7-12-18(3)21-15-11-14-20-17-22(4,5)16-10-9-13-19(8-2)23(20,21)6/h18-21H,7-17H2,1-6H3. The monoisotopic (exact) mass is 320 g/mol. The van der Waals surface area contributed by atoms with Crippen LogP contribution in [0.25, 0.3) is 0 Å². The molecule has 0 spiro atoms. The second-order valence-corrected chi connectivity index (χ2v) is 10.1. The second kappa shape index (κ2) is 7.92. The zero-order valence-electron chi connectivity index (χ0n) is 17.1. The second-order valence-electron chi connectivity index (χ2n) is 10.1. The third-order valence-electron chi connectivity index (χ3n) is 8.00. The van der Waals surface area contributed by atoms with E-state index in [-0.39, 0.29) is 0 Å². The summed E-state index contributed by atoms with van der Waals surface area (Å²) in [5.41, 5.74) is 1.16. The molecule has 23 heavy (non-hydrogen) atoms. The van der Waals surface area contributed by atoms with E-state index in [4.69, 9.17) is 0 Å². The van der Waals surface area contributed by atoms with E-state index in [1.165, 1.54) is 70.6 Å². The minimum absolute atomic E-state index is 0.560. The maximum atomic E-state index is 2.74. The Morgan fingerprint density at radius 1 is 0.957 bits per heavy atom. The highest BCUT2D eigenvalue weighted by molar-refractivity contribution is 5.00. The molecule has 0 aromatic carbocycles. The SMILES string of the molecule is CCCC(C)C1CCCC2CC(C)(C)CCCCC(CC)C21C. The lowest BCUT2D eigenvalue weighted by Gasteiger charge is -2.55. The molecule has 0 N–H and O–H groups in total. The van der Waals surface area contributed by atoms with Crippen molar-refractivity contribution in [1.82, 2.24) is 0 Å². The van der Waals surface area contributed by atoms with Gasteiger partial charge in [0.05, 0.1) is 0 Å². The van der Waals surface area contributed by atoms with Gasteiger partial charge < -0.3 is 0 Å². The first-order chi connectivity index (χ1) is 10.8. The van der Waals surface area contributed by atoms with Crippen LogP contribution in [0, 0.1) is 34.5 Å². The Bertz CT molecular complexity index is 355. The predicted molar refractivity (Wildman–Crippen MR) is 104 cm³/mol. The first-order valence-electron chi connectivity index (χ1n) is 10.8. The lowest BCUT2D eigenvalue weighted by atomic mass is 9.50. The van der Waals surface area contributed by atoms with Crippen LogP contribution in [0.5, 0.6) is 0 Å². The highest BCUT2D eigenvalue weighted by Gasteiger charge is 2.50. The molecule has 136 valence electrons. The van der Waals surface area contributed by atoms with Crippen molar-refractivity contribution in [2.75, 3.05) is 0 Å². The van der Waals surface area contributed by atoms with Gasteiger partial charge in [0, 0.05) is 0 Å². The van der Waals surface area contributed by atoms with E-state index < -0.39 is 0 Å². The number of hydrogen-bond donors (Lipinski definition) is 0. The molecule has 5 atom stereocenters. The van der Waals surface area contributed by atoms with Gasteiger partial charge in [0.1, 0.15) is 0 Å². The molecule has 2 aliphatic carbocycles. The van der Waals surface area contributed by atoms with Crippen LogP contribution in [0.4, 0.5) is 0 Å². The molecule has 0 amide bonds. The van der Waals surface area contributed by atoms with E-state index in [9.17, 15) is 0 Å². The first-order valence-corrected chi connectivity index (χ1v) is 10.8. The van der Waals surface area contributed by atoms with Gasteiger partial charge in [-0.05, 0) is 66.6 Å². The molecular formula is C23H44. The van der Waals surface area contributed by atoms with Crippen LogP contribution in [0.15, 0.2) is 0 Å². The Morgan fingerprint density at radius 2 is 1.70 bits per heavy atom. The summed E-state index contributed by atoms with van der Waals surface area (Å²) in [4.78, 5) is 0. The van der Waals surface area contributed by atoms with E-state index in [1.807, 2.05) is 0 Å². The first kappa shape index (κ1) is 19.3. The average Bonchev–Trinajstić information content (AvgIpc) is 2.53. The smallest absolute Gasteiger partial charge is 0.0238 e. The molecule has 0 heterocycles. The zero-order chi connectivity index (χ0) is 17.1. The summed E-state index contributed by atoms with van der Waals surface area (Å²) in [5.74, 6) is 3.83. The number of hydrogen-bond acceptors (Lipinski definition) is 0. The largest absolute Gasteiger partial charge is 0.0654 e.